The summed E-state index contributed by atoms with van der Waals surface area (Å²) in [6.45, 7) is 3.52. The van der Waals surface area contributed by atoms with Gasteiger partial charge in [-0.25, -0.2) is 9.37 Å². The van der Waals surface area contributed by atoms with Gasteiger partial charge in [-0.2, -0.15) is 0 Å². The van der Waals surface area contributed by atoms with Crippen LogP contribution in [-0.4, -0.2) is 65.2 Å². The molecule has 4 aromatic rings. The lowest BCUT2D eigenvalue weighted by Gasteiger charge is -2.28. The van der Waals surface area contributed by atoms with E-state index in [1.165, 1.54) is 24.6 Å². The maximum absolute atomic E-state index is 14.8. The summed E-state index contributed by atoms with van der Waals surface area (Å²) in [5, 5.41) is 18.2. The number of nitrogens with zero attached hydrogens (tertiary/aromatic N) is 2. The lowest BCUT2D eigenvalue weighted by atomic mass is 9.98. The number of hydrogen-bond donors (Lipinski definition) is 3. The zero-order valence-corrected chi connectivity index (χ0v) is 27.6. The Morgan fingerprint density at radius 2 is 1.94 bits per heavy atom. The fourth-order valence-corrected chi connectivity index (χ4v) is 6.39. The van der Waals surface area contributed by atoms with E-state index in [-0.39, 0.29) is 35.9 Å². The van der Waals surface area contributed by atoms with E-state index in [0.717, 1.165) is 30.4 Å². The molecule has 0 radical (unpaired) electrons. The van der Waals surface area contributed by atoms with Crippen molar-refractivity contribution in [3.05, 3.63) is 107 Å². The van der Waals surface area contributed by atoms with Crippen LogP contribution in [0.5, 0.6) is 5.75 Å². The molecule has 1 fully saturated rings. The van der Waals surface area contributed by atoms with E-state index in [9.17, 15) is 19.1 Å². The normalized spacial score (nSPS) is 18.5. The number of oxazole rings is 1. The first-order valence-corrected chi connectivity index (χ1v) is 16.8. The third kappa shape index (κ3) is 8.19. The third-order valence-electron chi connectivity index (χ3n) is 9.14. The van der Waals surface area contributed by atoms with Gasteiger partial charge in [-0.05, 0) is 92.1 Å². The monoisotopic (exact) mass is 664 g/mol. The lowest BCUT2D eigenvalue weighted by Crippen LogP contribution is -2.50. The van der Waals surface area contributed by atoms with Crippen LogP contribution in [0.15, 0.2) is 77.5 Å². The number of terminal acetylenes is 1. The van der Waals surface area contributed by atoms with Gasteiger partial charge in [0.05, 0.1) is 24.9 Å². The van der Waals surface area contributed by atoms with E-state index in [0.29, 0.717) is 55.0 Å². The van der Waals surface area contributed by atoms with Gasteiger partial charge in [0, 0.05) is 53.5 Å². The fourth-order valence-electron chi connectivity index (χ4n) is 6.39. The molecule has 49 heavy (non-hydrogen) atoms. The molecule has 2 atom stereocenters. The number of aromatic nitrogens is 1. The number of carbonyl (C=O) groups is 2. The Labute approximate surface area is 285 Å². The maximum Gasteiger partial charge on any atom is 0.253 e. The number of halogens is 1. The van der Waals surface area contributed by atoms with E-state index >= 15 is 0 Å². The zero-order chi connectivity index (χ0) is 34.4. The molecule has 1 aromatic heterocycles. The molecule has 9 nitrogen and oxygen atoms in total. The lowest BCUT2D eigenvalue weighted by molar-refractivity contribution is 0.0750. The number of rotatable bonds is 8. The molecule has 0 spiro atoms. The van der Waals surface area contributed by atoms with Gasteiger partial charge in [-0.1, -0.05) is 25.0 Å². The minimum atomic E-state index is -1.07. The average molecular weight is 665 g/mol. The number of aliphatic hydroxyl groups is 1. The van der Waals surface area contributed by atoms with Gasteiger partial charge >= 0.3 is 0 Å². The van der Waals surface area contributed by atoms with Crippen LogP contribution in [0.2, 0.25) is 0 Å². The molecule has 1 aliphatic carbocycles. The largest absolute Gasteiger partial charge is 0.493 e. The predicted molar refractivity (Wildman–Crippen MR) is 184 cm³/mol. The summed E-state index contributed by atoms with van der Waals surface area (Å²) in [4.78, 5) is 33.9. The van der Waals surface area contributed by atoms with Crippen LogP contribution in [0.4, 0.5) is 4.39 Å². The number of hydrogen-bond acceptors (Lipinski definition) is 7. The second-order valence-corrected chi connectivity index (χ2v) is 12.8. The molecule has 4 bridgehead atoms. The Kier molecular flexibility index (Phi) is 10.4. The van der Waals surface area contributed by atoms with Crippen molar-refractivity contribution >= 4 is 11.8 Å². The van der Waals surface area contributed by atoms with Gasteiger partial charge in [-0.3, -0.25) is 9.59 Å². The molecule has 0 saturated heterocycles. The molecule has 3 N–H and O–H groups in total. The first kappa shape index (κ1) is 33.9. The van der Waals surface area contributed by atoms with Gasteiger partial charge in [0.2, 0.25) is 5.89 Å². The van der Waals surface area contributed by atoms with Crippen molar-refractivity contribution in [3.8, 4) is 29.5 Å². The molecule has 10 heteroatoms. The number of carbonyl (C=O) groups excluding carboxylic acids is 2. The summed E-state index contributed by atoms with van der Waals surface area (Å²) < 4.78 is 26.3. The Morgan fingerprint density at radius 1 is 1.12 bits per heavy atom. The molecule has 1 aliphatic heterocycles. The minimum Gasteiger partial charge on any atom is -0.493 e. The summed E-state index contributed by atoms with van der Waals surface area (Å²) in [5.41, 5.74) is 3.05. The predicted octanol–water partition coefficient (Wildman–Crippen LogP) is 5.47. The van der Waals surface area contributed by atoms with Crippen molar-refractivity contribution in [2.75, 3.05) is 26.2 Å². The summed E-state index contributed by atoms with van der Waals surface area (Å²) in [5.74, 6) is 2.12. The Hall–Kier alpha value is -4.98. The minimum absolute atomic E-state index is 0.123. The van der Waals surface area contributed by atoms with E-state index in [4.69, 9.17) is 15.6 Å². The van der Waals surface area contributed by atoms with Crippen molar-refractivity contribution in [2.24, 2.45) is 0 Å². The zero-order valence-electron chi connectivity index (χ0n) is 27.6. The standard InChI is InChI=1S/C39H41FN4O5/c1-3-13-44-14-5-6-15-48-33-19-27(18-32(40)24-33)20-34(35(45)25-42-39(10-11-39)31-9-7-8-26(4-2)17-31)43-36(46)28-21-29(37-41-12-16-49-37)23-30(22-28)38(44)47/h2,7-9,12,16-19,21-24,34-35,42,45H,3,5-6,10-11,13-15,20,25H2,1H3,(H,43,46)/t34-,35+/m0/s1. The molecule has 2 heterocycles. The average Bonchev–Trinajstić information content (AvgIpc) is 3.70. The van der Waals surface area contributed by atoms with Gasteiger partial charge in [0.25, 0.3) is 11.8 Å². The van der Waals surface area contributed by atoms with Crippen molar-refractivity contribution in [2.45, 2.75) is 63.1 Å². The van der Waals surface area contributed by atoms with Gasteiger partial charge in [-0.15, -0.1) is 6.42 Å². The highest BCUT2D eigenvalue weighted by Gasteiger charge is 2.44. The van der Waals surface area contributed by atoms with Crippen LogP contribution >= 0.6 is 0 Å². The van der Waals surface area contributed by atoms with E-state index < -0.39 is 23.9 Å². The topological polar surface area (TPSA) is 117 Å². The van der Waals surface area contributed by atoms with E-state index in [1.54, 1.807) is 29.2 Å². The van der Waals surface area contributed by atoms with Crippen LogP contribution in [0.1, 0.15) is 76.4 Å². The number of ether oxygens (including phenoxy) is 1. The third-order valence-corrected chi connectivity index (χ3v) is 9.14. The number of aliphatic hydroxyl groups excluding tert-OH is 1. The van der Waals surface area contributed by atoms with Gasteiger partial charge in [0.1, 0.15) is 17.8 Å². The van der Waals surface area contributed by atoms with Crippen molar-refractivity contribution in [1.29, 1.82) is 0 Å². The fraction of sp³-hybridized carbons (Fsp3) is 0.359. The Morgan fingerprint density at radius 3 is 2.69 bits per heavy atom. The molecule has 2 aliphatic rings. The van der Waals surface area contributed by atoms with Crippen molar-refractivity contribution in [3.63, 3.8) is 0 Å². The van der Waals surface area contributed by atoms with Crippen LogP contribution in [0.25, 0.3) is 11.5 Å². The van der Waals surface area contributed by atoms with E-state index in [1.807, 2.05) is 31.2 Å². The van der Waals surface area contributed by atoms with Crippen LogP contribution in [-0.2, 0) is 12.0 Å². The van der Waals surface area contributed by atoms with Crippen molar-refractivity contribution < 1.29 is 28.2 Å². The molecular weight excluding hydrogens is 623 g/mol. The van der Waals surface area contributed by atoms with Crippen molar-refractivity contribution in [1.82, 2.24) is 20.5 Å². The quantitative estimate of drug-likeness (QED) is 0.214. The summed E-state index contributed by atoms with van der Waals surface area (Å²) in [6, 6.07) is 16.3. The smallest absolute Gasteiger partial charge is 0.253 e. The number of fused-ring (bicyclic) bond motifs is 4. The molecular formula is C39H41FN4O5. The molecule has 254 valence electrons. The first-order valence-electron chi connectivity index (χ1n) is 16.8. The molecule has 0 unspecified atom stereocenters. The number of nitrogens with one attached hydrogen (secondary N) is 2. The highest BCUT2D eigenvalue weighted by molar-refractivity contribution is 6.01. The number of amides is 2. The SMILES string of the molecule is C#Cc1cccc(C2(NC[C@@H](O)[C@@H]3Cc4cc(F)cc(c4)OCCCCN(CCC)C(=O)c4cc(cc(-c5ncco5)c4)C(=O)N3)CC2)c1. The van der Waals surface area contributed by atoms with Crippen LogP contribution < -0.4 is 15.4 Å². The number of benzene rings is 3. The Bertz CT molecular complexity index is 1830. The van der Waals surface area contributed by atoms with Crippen LogP contribution in [0, 0.1) is 18.2 Å². The summed E-state index contributed by atoms with van der Waals surface area (Å²) >= 11 is 0. The maximum atomic E-state index is 14.8. The molecule has 6 rings (SSSR count). The van der Waals surface area contributed by atoms with Crippen LogP contribution in [0.3, 0.4) is 0 Å². The van der Waals surface area contributed by atoms with Gasteiger partial charge < -0.3 is 29.8 Å². The Balaban J connectivity index is 1.33. The second-order valence-electron chi connectivity index (χ2n) is 12.8. The first-order chi connectivity index (χ1) is 23.8. The molecule has 2 amide bonds. The highest BCUT2D eigenvalue weighted by atomic mass is 19.1. The highest BCUT2D eigenvalue weighted by Crippen LogP contribution is 2.45. The van der Waals surface area contributed by atoms with E-state index in [2.05, 4.69) is 21.5 Å². The summed E-state index contributed by atoms with van der Waals surface area (Å²) in [7, 11) is 0. The summed E-state index contributed by atoms with van der Waals surface area (Å²) in [6.07, 6.45) is 11.4. The second kappa shape index (κ2) is 15.1. The molecule has 3 aromatic carbocycles. The van der Waals surface area contributed by atoms with Gasteiger partial charge in [0.15, 0.2) is 0 Å². The molecule has 1 saturated carbocycles.